The molecule has 0 spiro atoms. The maximum absolute atomic E-state index is 11.4. The van der Waals surface area contributed by atoms with Crippen LogP contribution in [0, 0.1) is 10.1 Å². The predicted octanol–water partition coefficient (Wildman–Crippen LogP) is 1.90. The molecule has 7 heteroatoms. The summed E-state index contributed by atoms with van der Waals surface area (Å²) in [7, 11) is 1.66. The number of benzene rings is 1. The molecule has 1 saturated heterocycles. The number of piperidine rings is 1. The molecule has 0 aliphatic carbocycles. The molecule has 1 unspecified atom stereocenters. The van der Waals surface area contributed by atoms with E-state index in [0.29, 0.717) is 18.7 Å². The molecule has 0 saturated carbocycles. The normalized spacial score (nSPS) is 19.4. The molecular weight excluding hydrogens is 276 g/mol. The number of ether oxygens (including phenoxy) is 1. The van der Waals surface area contributed by atoms with E-state index in [9.17, 15) is 20.0 Å². The van der Waals surface area contributed by atoms with Crippen molar-refractivity contribution in [3.8, 4) is 0 Å². The van der Waals surface area contributed by atoms with E-state index < -0.39 is 10.9 Å². The highest BCUT2D eigenvalue weighted by Crippen LogP contribution is 2.25. The SMILES string of the molecule is COC1CCCN(Cc2cccc([N+](=O)[O-])c2C(=O)O)C1. The third-order valence-electron chi connectivity index (χ3n) is 3.73. The van der Waals surface area contributed by atoms with E-state index in [2.05, 4.69) is 4.90 Å². The number of carbonyl (C=O) groups is 1. The van der Waals surface area contributed by atoms with Gasteiger partial charge in [0, 0.05) is 26.3 Å². The van der Waals surface area contributed by atoms with Gasteiger partial charge in [-0.15, -0.1) is 0 Å². The Labute approximate surface area is 122 Å². The minimum absolute atomic E-state index is 0.130. The summed E-state index contributed by atoms with van der Waals surface area (Å²) >= 11 is 0. The third-order valence-corrected chi connectivity index (χ3v) is 3.73. The fraction of sp³-hybridized carbons (Fsp3) is 0.500. The molecule has 1 N–H and O–H groups in total. The van der Waals surface area contributed by atoms with Crippen molar-refractivity contribution in [2.45, 2.75) is 25.5 Å². The lowest BCUT2D eigenvalue weighted by atomic mass is 10.0. The standard InChI is InChI=1S/C14H18N2O5/c1-21-11-5-3-7-15(9-11)8-10-4-2-6-12(16(19)20)13(10)14(17)18/h2,4,6,11H,3,5,7-9H2,1H3,(H,17,18). The quantitative estimate of drug-likeness (QED) is 0.658. The second-order valence-electron chi connectivity index (χ2n) is 5.11. The number of hydrogen-bond acceptors (Lipinski definition) is 5. The van der Waals surface area contributed by atoms with Crippen LogP contribution >= 0.6 is 0 Å². The molecule has 1 aromatic rings. The van der Waals surface area contributed by atoms with Gasteiger partial charge in [0.1, 0.15) is 5.56 Å². The number of carboxylic acid groups (broad SMARTS) is 1. The summed E-state index contributed by atoms with van der Waals surface area (Å²) in [6.45, 7) is 1.92. The molecule has 0 radical (unpaired) electrons. The van der Waals surface area contributed by atoms with E-state index in [4.69, 9.17) is 4.74 Å². The van der Waals surface area contributed by atoms with Crippen molar-refractivity contribution in [3.63, 3.8) is 0 Å². The maximum Gasteiger partial charge on any atom is 0.343 e. The van der Waals surface area contributed by atoms with Crippen LogP contribution in [-0.2, 0) is 11.3 Å². The largest absolute Gasteiger partial charge is 0.477 e. The monoisotopic (exact) mass is 294 g/mol. The zero-order valence-corrected chi connectivity index (χ0v) is 11.8. The highest BCUT2D eigenvalue weighted by molar-refractivity contribution is 5.94. The molecule has 0 aromatic heterocycles. The molecule has 0 amide bonds. The summed E-state index contributed by atoms with van der Waals surface area (Å²) in [5, 5.41) is 20.3. The number of likely N-dealkylation sites (tertiary alicyclic amines) is 1. The number of nitro groups is 1. The fourth-order valence-electron chi connectivity index (χ4n) is 2.71. The van der Waals surface area contributed by atoms with Crippen LogP contribution in [-0.4, -0.2) is 47.2 Å². The van der Waals surface area contributed by atoms with Crippen LogP contribution in [0.1, 0.15) is 28.8 Å². The van der Waals surface area contributed by atoms with E-state index in [1.54, 1.807) is 13.2 Å². The Morgan fingerprint density at radius 1 is 1.57 bits per heavy atom. The van der Waals surface area contributed by atoms with Gasteiger partial charge < -0.3 is 9.84 Å². The van der Waals surface area contributed by atoms with Crippen LogP contribution in [0.15, 0.2) is 18.2 Å². The molecule has 7 nitrogen and oxygen atoms in total. The van der Waals surface area contributed by atoms with E-state index in [-0.39, 0.29) is 17.4 Å². The zero-order chi connectivity index (χ0) is 15.4. The van der Waals surface area contributed by atoms with Crippen LogP contribution in [0.5, 0.6) is 0 Å². The van der Waals surface area contributed by atoms with E-state index >= 15 is 0 Å². The summed E-state index contributed by atoms with van der Waals surface area (Å²) in [5.41, 5.74) is -0.115. The number of rotatable bonds is 5. The van der Waals surface area contributed by atoms with Crippen molar-refractivity contribution in [2.75, 3.05) is 20.2 Å². The van der Waals surface area contributed by atoms with Crippen LogP contribution < -0.4 is 0 Å². The van der Waals surface area contributed by atoms with Gasteiger partial charge in [-0.3, -0.25) is 15.0 Å². The summed E-state index contributed by atoms with van der Waals surface area (Å²) in [5.74, 6) is -1.27. The minimum Gasteiger partial charge on any atom is -0.477 e. The number of nitrogens with zero attached hydrogens (tertiary/aromatic N) is 2. The number of methoxy groups -OCH3 is 1. The smallest absolute Gasteiger partial charge is 0.343 e. The Hall–Kier alpha value is -1.99. The van der Waals surface area contributed by atoms with E-state index in [1.165, 1.54) is 12.1 Å². The molecule has 1 heterocycles. The van der Waals surface area contributed by atoms with E-state index in [0.717, 1.165) is 19.4 Å². The lowest BCUT2D eigenvalue weighted by Crippen LogP contribution is -2.39. The molecule has 1 atom stereocenters. The first-order valence-corrected chi connectivity index (χ1v) is 6.77. The predicted molar refractivity (Wildman–Crippen MR) is 75.4 cm³/mol. The molecule has 2 rings (SSSR count). The van der Waals surface area contributed by atoms with Gasteiger partial charge in [0.15, 0.2) is 0 Å². The van der Waals surface area contributed by atoms with Crippen LogP contribution in [0.3, 0.4) is 0 Å². The van der Waals surface area contributed by atoms with Crippen molar-refractivity contribution in [2.24, 2.45) is 0 Å². The van der Waals surface area contributed by atoms with Crippen molar-refractivity contribution in [1.82, 2.24) is 4.90 Å². The molecule has 21 heavy (non-hydrogen) atoms. The first kappa shape index (κ1) is 15.4. The first-order valence-electron chi connectivity index (χ1n) is 6.77. The van der Waals surface area contributed by atoms with E-state index in [1.807, 2.05) is 0 Å². The molecule has 1 aromatic carbocycles. The molecule has 114 valence electrons. The Morgan fingerprint density at radius 3 is 2.95 bits per heavy atom. The Balaban J connectivity index is 2.25. The summed E-state index contributed by atoms with van der Waals surface area (Å²) in [4.78, 5) is 23.8. The lowest BCUT2D eigenvalue weighted by molar-refractivity contribution is -0.385. The van der Waals surface area contributed by atoms with Crippen molar-refractivity contribution < 1.29 is 19.6 Å². The van der Waals surface area contributed by atoms with Gasteiger partial charge in [0.2, 0.25) is 0 Å². The topological polar surface area (TPSA) is 92.9 Å². The van der Waals surface area contributed by atoms with Gasteiger partial charge in [-0.05, 0) is 24.9 Å². The highest BCUT2D eigenvalue weighted by atomic mass is 16.6. The number of hydrogen-bond donors (Lipinski definition) is 1. The maximum atomic E-state index is 11.4. The second kappa shape index (κ2) is 6.64. The summed E-state index contributed by atoms with van der Waals surface area (Å²) in [6, 6.07) is 4.38. The molecule has 1 aliphatic rings. The van der Waals surface area contributed by atoms with Crippen LogP contribution in [0.2, 0.25) is 0 Å². The number of nitro benzene ring substituents is 1. The zero-order valence-electron chi connectivity index (χ0n) is 11.8. The van der Waals surface area contributed by atoms with Crippen LogP contribution in [0.25, 0.3) is 0 Å². The number of aromatic carboxylic acids is 1. The fourth-order valence-corrected chi connectivity index (χ4v) is 2.71. The van der Waals surface area contributed by atoms with Crippen LogP contribution in [0.4, 0.5) is 5.69 Å². The van der Waals surface area contributed by atoms with Gasteiger partial charge in [0.25, 0.3) is 5.69 Å². The van der Waals surface area contributed by atoms with Gasteiger partial charge in [0.05, 0.1) is 11.0 Å². The van der Waals surface area contributed by atoms with Gasteiger partial charge in [-0.1, -0.05) is 12.1 Å². The highest BCUT2D eigenvalue weighted by Gasteiger charge is 2.26. The lowest BCUT2D eigenvalue weighted by Gasteiger charge is -2.32. The van der Waals surface area contributed by atoms with Gasteiger partial charge in [-0.2, -0.15) is 0 Å². The van der Waals surface area contributed by atoms with Crippen molar-refractivity contribution >= 4 is 11.7 Å². The van der Waals surface area contributed by atoms with Gasteiger partial charge in [-0.25, -0.2) is 4.79 Å². The second-order valence-corrected chi connectivity index (χ2v) is 5.11. The van der Waals surface area contributed by atoms with Gasteiger partial charge >= 0.3 is 5.97 Å². The molecule has 1 fully saturated rings. The Kier molecular flexibility index (Phi) is 4.87. The molecule has 0 bridgehead atoms. The minimum atomic E-state index is -1.27. The summed E-state index contributed by atoms with van der Waals surface area (Å²) in [6.07, 6.45) is 2.08. The average molecular weight is 294 g/mol. The molecular formula is C14H18N2O5. The Morgan fingerprint density at radius 2 is 2.33 bits per heavy atom. The number of carboxylic acids is 1. The van der Waals surface area contributed by atoms with Crippen molar-refractivity contribution in [1.29, 1.82) is 0 Å². The average Bonchev–Trinajstić information content (AvgIpc) is 2.46. The summed E-state index contributed by atoms with van der Waals surface area (Å²) < 4.78 is 5.33. The Bertz CT molecular complexity index is 546. The first-order chi connectivity index (χ1) is 10.0. The third kappa shape index (κ3) is 3.56. The molecule has 1 aliphatic heterocycles. The van der Waals surface area contributed by atoms with Crippen molar-refractivity contribution in [3.05, 3.63) is 39.4 Å².